The average molecular weight is 510 g/mol. The van der Waals surface area contributed by atoms with Crippen molar-refractivity contribution in [2.75, 3.05) is 17.1 Å². The molecule has 1 aromatic heterocycles. The van der Waals surface area contributed by atoms with Gasteiger partial charge in [0, 0.05) is 17.7 Å². The standard InChI is InChI=1S/C21H17F3N4O6S/c1-35(32,33)27(17-4-2-3-15(11-17)21(22,23)24)13-20(29)26-25-12-18-9-10-19(34-18)14-5-7-16(8-6-14)28(30)31/h2-12H,13H2,1H3,(H,26,29)/b25-12-. The largest absolute Gasteiger partial charge is 0.455 e. The number of nitro groups is 1. The molecule has 3 aromatic rings. The Labute approximate surface area is 196 Å². The fraction of sp³-hybridized carbons (Fsp3) is 0.143. The summed E-state index contributed by atoms with van der Waals surface area (Å²) >= 11 is 0. The van der Waals surface area contributed by atoms with Crippen molar-refractivity contribution >= 4 is 33.5 Å². The SMILES string of the molecule is CS(=O)(=O)N(CC(=O)N/N=C\c1ccc(-c2ccc([N+](=O)[O-])cc2)o1)c1cccc(C(F)(F)F)c1. The molecule has 1 heterocycles. The number of hydrogen-bond donors (Lipinski definition) is 1. The number of halogens is 3. The fourth-order valence-electron chi connectivity index (χ4n) is 2.90. The predicted octanol–water partition coefficient (Wildman–Crippen LogP) is 3.79. The van der Waals surface area contributed by atoms with Crippen LogP contribution in [-0.2, 0) is 21.0 Å². The van der Waals surface area contributed by atoms with Crippen LogP contribution in [0, 0.1) is 10.1 Å². The van der Waals surface area contributed by atoms with E-state index in [1.807, 2.05) is 0 Å². The number of hydrogen-bond acceptors (Lipinski definition) is 7. The van der Waals surface area contributed by atoms with E-state index in [9.17, 15) is 36.5 Å². The number of nitro benzene ring substituents is 1. The second-order valence-electron chi connectivity index (χ2n) is 7.12. The van der Waals surface area contributed by atoms with Gasteiger partial charge in [-0.15, -0.1) is 0 Å². The van der Waals surface area contributed by atoms with Crippen molar-refractivity contribution in [3.05, 3.63) is 82.1 Å². The van der Waals surface area contributed by atoms with Gasteiger partial charge in [-0.2, -0.15) is 18.3 Å². The number of nitrogens with zero attached hydrogens (tertiary/aromatic N) is 3. The third-order valence-corrected chi connectivity index (χ3v) is 5.66. The molecule has 14 heteroatoms. The third kappa shape index (κ3) is 6.66. The lowest BCUT2D eigenvalue weighted by Gasteiger charge is -2.22. The molecule has 0 aliphatic rings. The van der Waals surface area contributed by atoms with Gasteiger partial charge >= 0.3 is 6.18 Å². The molecular weight excluding hydrogens is 493 g/mol. The van der Waals surface area contributed by atoms with Crippen molar-refractivity contribution < 1.29 is 35.7 Å². The normalized spacial score (nSPS) is 12.0. The Morgan fingerprint density at radius 1 is 1.17 bits per heavy atom. The predicted molar refractivity (Wildman–Crippen MR) is 120 cm³/mol. The molecule has 3 rings (SSSR count). The van der Waals surface area contributed by atoms with Crippen LogP contribution in [-0.4, -0.2) is 38.3 Å². The number of non-ortho nitro benzene ring substituents is 1. The maximum Gasteiger partial charge on any atom is 0.416 e. The van der Waals surface area contributed by atoms with E-state index in [4.69, 9.17) is 4.42 Å². The van der Waals surface area contributed by atoms with E-state index in [0.29, 0.717) is 21.7 Å². The second kappa shape index (κ2) is 9.97. The topological polar surface area (TPSA) is 135 Å². The first kappa shape index (κ1) is 25.4. The van der Waals surface area contributed by atoms with E-state index in [2.05, 4.69) is 10.5 Å². The van der Waals surface area contributed by atoms with Crippen LogP contribution in [0.25, 0.3) is 11.3 Å². The molecule has 0 saturated carbocycles. The van der Waals surface area contributed by atoms with Crippen LogP contribution in [0.3, 0.4) is 0 Å². The van der Waals surface area contributed by atoms with Crippen LogP contribution in [0.2, 0.25) is 0 Å². The number of alkyl halides is 3. The minimum Gasteiger partial charge on any atom is -0.455 e. The molecule has 1 N–H and O–H groups in total. The number of carbonyl (C=O) groups excluding carboxylic acids is 1. The highest BCUT2D eigenvalue weighted by molar-refractivity contribution is 7.92. The van der Waals surface area contributed by atoms with Gasteiger partial charge in [-0.25, -0.2) is 13.8 Å². The summed E-state index contributed by atoms with van der Waals surface area (Å²) < 4.78 is 69.2. The van der Waals surface area contributed by atoms with Crippen LogP contribution in [0.5, 0.6) is 0 Å². The number of rotatable bonds is 8. The molecular formula is C21H17F3N4O6S. The van der Waals surface area contributed by atoms with Crippen molar-refractivity contribution in [2.24, 2.45) is 5.10 Å². The summed E-state index contributed by atoms with van der Waals surface area (Å²) in [5.41, 5.74) is 1.16. The van der Waals surface area contributed by atoms with Crippen LogP contribution in [0.15, 0.2) is 70.2 Å². The van der Waals surface area contributed by atoms with E-state index in [-0.39, 0.29) is 17.1 Å². The second-order valence-corrected chi connectivity index (χ2v) is 9.02. The molecule has 0 atom stereocenters. The molecule has 35 heavy (non-hydrogen) atoms. The summed E-state index contributed by atoms with van der Waals surface area (Å²) in [7, 11) is -4.10. The Bertz CT molecular complexity index is 1370. The Kier molecular flexibility index (Phi) is 7.24. The first-order chi connectivity index (χ1) is 16.3. The van der Waals surface area contributed by atoms with Crippen molar-refractivity contribution in [2.45, 2.75) is 6.18 Å². The highest BCUT2D eigenvalue weighted by atomic mass is 32.2. The molecule has 0 saturated heterocycles. The molecule has 0 unspecified atom stereocenters. The number of carbonyl (C=O) groups is 1. The lowest BCUT2D eigenvalue weighted by molar-refractivity contribution is -0.384. The van der Waals surface area contributed by atoms with Crippen LogP contribution < -0.4 is 9.73 Å². The van der Waals surface area contributed by atoms with Crippen molar-refractivity contribution in [3.8, 4) is 11.3 Å². The molecule has 10 nitrogen and oxygen atoms in total. The van der Waals surface area contributed by atoms with Gasteiger partial charge in [-0.05, 0) is 42.5 Å². The zero-order valence-corrected chi connectivity index (χ0v) is 18.7. The lowest BCUT2D eigenvalue weighted by atomic mass is 10.1. The van der Waals surface area contributed by atoms with Gasteiger partial charge in [0.2, 0.25) is 10.0 Å². The third-order valence-electron chi connectivity index (χ3n) is 4.52. The quantitative estimate of drug-likeness (QED) is 0.278. The summed E-state index contributed by atoms with van der Waals surface area (Å²) in [5.74, 6) is -0.330. The number of amides is 1. The number of hydrazone groups is 1. The molecule has 184 valence electrons. The van der Waals surface area contributed by atoms with Crippen molar-refractivity contribution in [3.63, 3.8) is 0 Å². The molecule has 0 spiro atoms. The van der Waals surface area contributed by atoms with Gasteiger partial charge in [-0.1, -0.05) is 6.07 Å². The van der Waals surface area contributed by atoms with E-state index in [1.54, 1.807) is 6.07 Å². The molecule has 0 fully saturated rings. The zero-order valence-electron chi connectivity index (χ0n) is 17.9. The lowest BCUT2D eigenvalue weighted by Crippen LogP contribution is -2.39. The highest BCUT2D eigenvalue weighted by Gasteiger charge is 2.32. The molecule has 0 aliphatic heterocycles. The smallest absolute Gasteiger partial charge is 0.416 e. The van der Waals surface area contributed by atoms with Gasteiger partial charge in [0.05, 0.1) is 28.6 Å². The molecule has 1 amide bonds. The maximum atomic E-state index is 13.0. The van der Waals surface area contributed by atoms with Gasteiger partial charge in [0.25, 0.3) is 11.6 Å². The Morgan fingerprint density at radius 2 is 1.86 bits per heavy atom. The van der Waals surface area contributed by atoms with Gasteiger partial charge in [0.1, 0.15) is 18.1 Å². The Hall–Kier alpha value is -4.20. The van der Waals surface area contributed by atoms with E-state index in [0.717, 1.165) is 30.7 Å². The monoisotopic (exact) mass is 510 g/mol. The van der Waals surface area contributed by atoms with Gasteiger partial charge in [0.15, 0.2) is 0 Å². The molecule has 0 bridgehead atoms. The van der Waals surface area contributed by atoms with Crippen LogP contribution in [0.4, 0.5) is 24.5 Å². The van der Waals surface area contributed by atoms with Crippen molar-refractivity contribution in [1.29, 1.82) is 0 Å². The van der Waals surface area contributed by atoms with Crippen molar-refractivity contribution in [1.82, 2.24) is 5.43 Å². The molecule has 0 radical (unpaired) electrons. The summed E-state index contributed by atoms with van der Waals surface area (Å²) in [6.07, 6.45) is -2.81. The number of nitrogens with one attached hydrogen (secondary N) is 1. The number of anilines is 1. The summed E-state index contributed by atoms with van der Waals surface area (Å²) in [6, 6.07) is 12.3. The van der Waals surface area contributed by atoms with Crippen LogP contribution >= 0.6 is 0 Å². The van der Waals surface area contributed by atoms with Gasteiger partial charge in [-0.3, -0.25) is 19.2 Å². The van der Waals surface area contributed by atoms with E-state index in [1.165, 1.54) is 30.3 Å². The minimum absolute atomic E-state index is 0.0851. The zero-order chi connectivity index (χ0) is 25.8. The van der Waals surface area contributed by atoms with E-state index >= 15 is 0 Å². The number of furan rings is 1. The van der Waals surface area contributed by atoms with E-state index < -0.39 is 39.1 Å². The summed E-state index contributed by atoms with van der Waals surface area (Å²) in [4.78, 5) is 22.4. The number of benzene rings is 2. The first-order valence-corrected chi connectivity index (χ1v) is 11.5. The Balaban J connectivity index is 1.67. The summed E-state index contributed by atoms with van der Waals surface area (Å²) in [6.45, 7) is -0.816. The number of sulfonamides is 1. The Morgan fingerprint density at radius 3 is 2.46 bits per heavy atom. The minimum atomic E-state index is -4.69. The first-order valence-electron chi connectivity index (χ1n) is 9.66. The maximum absolute atomic E-state index is 13.0. The van der Waals surface area contributed by atoms with Crippen LogP contribution in [0.1, 0.15) is 11.3 Å². The highest BCUT2D eigenvalue weighted by Crippen LogP contribution is 2.32. The average Bonchev–Trinajstić information content (AvgIpc) is 3.25. The fourth-order valence-corrected chi connectivity index (χ4v) is 3.74. The van der Waals surface area contributed by atoms with Gasteiger partial charge < -0.3 is 4.42 Å². The molecule has 0 aliphatic carbocycles. The molecule has 2 aromatic carbocycles. The summed E-state index contributed by atoms with van der Waals surface area (Å²) in [5, 5.41) is 14.4.